The molecule has 2 heterocycles. The second kappa shape index (κ2) is 6.61. The van der Waals surface area contributed by atoms with Gasteiger partial charge in [-0.3, -0.25) is 4.98 Å². The van der Waals surface area contributed by atoms with Crippen LogP contribution < -0.4 is 11.1 Å². The Hall–Kier alpha value is -1.27. The van der Waals surface area contributed by atoms with E-state index in [0.29, 0.717) is 18.3 Å². The third-order valence-electron chi connectivity index (χ3n) is 3.04. The Morgan fingerprint density at radius 2 is 2.33 bits per heavy atom. The monoisotopic (exact) mass is 266 g/mol. The molecule has 6 heteroatoms. The quantitative estimate of drug-likeness (QED) is 0.330. The molecule has 98 valence electrons. The second-order valence-electron chi connectivity index (χ2n) is 4.26. The molecule has 0 amide bonds. The van der Waals surface area contributed by atoms with Gasteiger partial charge < -0.3 is 16.3 Å². The Kier molecular flexibility index (Phi) is 4.83. The van der Waals surface area contributed by atoms with Gasteiger partial charge in [-0.15, -0.1) is 0 Å². The van der Waals surface area contributed by atoms with Crippen molar-refractivity contribution in [2.75, 3.05) is 11.5 Å². The number of nitrogens with one attached hydrogen (secondary N) is 1. The van der Waals surface area contributed by atoms with Crippen molar-refractivity contribution >= 4 is 17.6 Å². The van der Waals surface area contributed by atoms with Crippen LogP contribution in [0.3, 0.4) is 0 Å². The highest BCUT2D eigenvalue weighted by Crippen LogP contribution is 2.17. The predicted octanol–water partition coefficient (Wildman–Crippen LogP) is 1.16. The normalized spacial score (nSPS) is 17.9. The molecule has 0 spiro atoms. The molecule has 0 radical (unpaired) electrons. The number of amidine groups is 1. The Balaban J connectivity index is 2.00. The average molecular weight is 266 g/mol. The van der Waals surface area contributed by atoms with Gasteiger partial charge in [0.2, 0.25) is 0 Å². The summed E-state index contributed by atoms with van der Waals surface area (Å²) in [6.45, 7) is 0.703. The molecule has 5 nitrogen and oxygen atoms in total. The van der Waals surface area contributed by atoms with E-state index < -0.39 is 0 Å². The van der Waals surface area contributed by atoms with E-state index in [9.17, 15) is 0 Å². The van der Waals surface area contributed by atoms with Crippen molar-refractivity contribution in [3.05, 3.63) is 29.6 Å². The van der Waals surface area contributed by atoms with Gasteiger partial charge in [0.05, 0.1) is 0 Å². The summed E-state index contributed by atoms with van der Waals surface area (Å²) in [5.41, 5.74) is 7.13. The topological polar surface area (TPSA) is 83.5 Å². The fourth-order valence-electron chi connectivity index (χ4n) is 2.02. The first-order valence-corrected chi connectivity index (χ1v) is 7.19. The van der Waals surface area contributed by atoms with Crippen LogP contribution in [-0.2, 0) is 6.54 Å². The van der Waals surface area contributed by atoms with E-state index in [1.54, 1.807) is 6.20 Å². The molecule has 0 aliphatic carbocycles. The molecule has 0 unspecified atom stereocenters. The van der Waals surface area contributed by atoms with E-state index >= 15 is 0 Å². The zero-order valence-corrected chi connectivity index (χ0v) is 11.0. The smallest absolute Gasteiger partial charge is 0.189 e. The molecule has 0 bridgehead atoms. The molecule has 1 saturated heterocycles. The van der Waals surface area contributed by atoms with Crippen molar-refractivity contribution in [3.8, 4) is 0 Å². The highest BCUT2D eigenvalue weighted by atomic mass is 32.2. The molecule has 18 heavy (non-hydrogen) atoms. The van der Waals surface area contributed by atoms with E-state index in [2.05, 4.69) is 15.5 Å². The highest BCUT2D eigenvalue weighted by molar-refractivity contribution is 7.99. The van der Waals surface area contributed by atoms with Crippen LogP contribution >= 0.6 is 11.8 Å². The first kappa shape index (κ1) is 13.2. The van der Waals surface area contributed by atoms with E-state index in [4.69, 9.17) is 10.9 Å². The summed E-state index contributed by atoms with van der Waals surface area (Å²) in [5, 5.41) is 15.3. The highest BCUT2D eigenvalue weighted by Gasteiger charge is 2.14. The van der Waals surface area contributed by atoms with Gasteiger partial charge in [-0.1, -0.05) is 11.2 Å². The van der Waals surface area contributed by atoms with Crippen LogP contribution in [0.1, 0.15) is 24.1 Å². The van der Waals surface area contributed by atoms with E-state index in [-0.39, 0.29) is 5.84 Å². The van der Waals surface area contributed by atoms with Crippen LogP contribution in [0, 0.1) is 0 Å². The summed E-state index contributed by atoms with van der Waals surface area (Å²) >= 11 is 2.01. The second-order valence-corrected chi connectivity index (χ2v) is 5.49. The fourth-order valence-corrected chi connectivity index (χ4v) is 3.12. The lowest BCUT2D eigenvalue weighted by atomic mass is 10.1. The number of aromatic nitrogens is 1. The Bertz CT molecular complexity index is 418. The molecule has 0 saturated carbocycles. The van der Waals surface area contributed by atoms with E-state index in [1.165, 1.54) is 24.3 Å². The van der Waals surface area contributed by atoms with Crippen molar-refractivity contribution in [1.29, 1.82) is 0 Å². The van der Waals surface area contributed by atoms with Crippen molar-refractivity contribution in [2.45, 2.75) is 25.4 Å². The zero-order chi connectivity index (χ0) is 12.8. The molecule has 1 fully saturated rings. The lowest BCUT2D eigenvalue weighted by Gasteiger charge is -2.23. The van der Waals surface area contributed by atoms with Crippen LogP contribution in [0.15, 0.2) is 23.5 Å². The Morgan fingerprint density at radius 1 is 1.56 bits per heavy atom. The summed E-state index contributed by atoms with van der Waals surface area (Å²) in [5.74, 6) is 2.50. The predicted molar refractivity (Wildman–Crippen MR) is 73.9 cm³/mol. The number of pyridine rings is 1. The third-order valence-corrected chi connectivity index (χ3v) is 4.09. The van der Waals surface area contributed by atoms with Crippen LogP contribution in [0.4, 0.5) is 0 Å². The largest absolute Gasteiger partial charge is 0.409 e. The molecular formula is C12H18N4OS. The maximum absolute atomic E-state index is 8.73. The average Bonchev–Trinajstić information content (AvgIpc) is 2.45. The van der Waals surface area contributed by atoms with Crippen LogP contribution in [0.25, 0.3) is 0 Å². The van der Waals surface area contributed by atoms with Gasteiger partial charge in [0.1, 0.15) is 5.69 Å². The van der Waals surface area contributed by atoms with Gasteiger partial charge in [0.25, 0.3) is 0 Å². The van der Waals surface area contributed by atoms with Crippen molar-refractivity contribution in [3.63, 3.8) is 0 Å². The minimum absolute atomic E-state index is 0.0617. The summed E-state index contributed by atoms with van der Waals surface area (Å²) in [6, 6.07) is 4.37. The number of hydrogen-bond donors (Lipinski definition) is 3. The zero-order valence-electron chi connectivity index (χ0n) is 10.2. The molecule has 1 aromatic heterocycles. The molecule has 1 aliphatic heterocycles. The first-order chi connectivity index (χ1) is 8.81. The van der Waals surface area contributed by atoms with E-state index in [1.807, 2.05) is 23.9 Å². The molecule has 1 aliphatic rings. The minimum Gasteiger partial charge on any atom is -0.409 e. The number of thioether (sulfide) groups is 1. The molecule has 0 aromatic carbocycles. The number of rotatable bonds is 4. The summed E-state index contributed by atoms with van der Waals surface area (Å²) in [4.78, 5) is 4.15. The standard InChI is InChI=1S/C12H18N4OS/c13-12(16-17)11-9(2-1-5-14-11)8-15-10-3-6-18-7-4-10/h1-2,5,10,15,17H,3-4,6-8H2,(H2,13,16). The van der Waals surface area contributed by atoms with Gasteiger partial charge in [0.15, 0.2) is 5.84 Å². The maximum atomic E-state index is 8.73. The summed E-state index contributed by atoms with van der Waals surface area (Å²) in [6.07, 6.45) is 4.04. The van der Waals surface area contributed by atoms with Gasteiger partial charge in [0, 0.05) is 18.8 Å². The van der Waals surface area contributed by atoms with Crippen molar-refractivity contribution in [2.24, 2.45) is 10.9 Å². The van der Waals surface area contributed by atoms with Crippen molar-refractivity contribution in [1.82, 2.24) is 10.3 Å². The summed E-state index contributed by atoms with van der Waals surface area (Å²) < 4.78 is 0. The van der Waals surface area contributed by atoms with E-state index in [0.717, 1.165) is 5.56 Å². The van der Waals surface area contributed by atoms with Crippen LogP contribution in [0.2, 0.25) is 0 Å². The maximum Gasteiger partial charge on any atom is 0.189 e. The van der Waals surface area contributed by atoms with Gasteiger partial charge in [-0.25, -0.2) is 0 Å². The molecule has 0 atom stereocenters. The molecule has 2 rings (SSSR count). The fraction of sp³-hybridized carbons (Fsp3) is 0.500. The van der Waals surface area contributed by atoms with Crippen LogP contribution in [0.5, 0.6) is 0 Å². The molecule has 4 N–H and O–H groups in total. The molecule has 1 aromatic rings. The SMILES string of the molecule is N/C(=N/O)c1ncccc1CNC1CCSCC1. The lowest BCUT2D eigenvalue weighted by Crippen LogP contribution is -2.33. The molecular weight excluding hydrogens is 248 g/mol. The number of nitrogens with two attached hydrogens (primary N) is 1. The summed E-state index contributed by atoms with van der Waals surface area (Å²) in [7, 11) is 0. The minimum atomic E-state index is 0.0617. The van der Waals surface area contributed by atoms with Gasteiger partial charge in [-0.2, -0.15) is 11.8 Å². The third kappa shape index (κ3) is 3.36. The van der Waals surface area contributed by atoms with Gasteiger partial charge >= 0.3 is 0 Å². The number of nitrogens with zero attached hydrogens (tertiary/aromatic N) is 2. The Labute approximate surface area is 111 Å². The lowest BCUT2D eigenvalue weighted by molar-refractivity contribution is 0.318. The first-order valence-electron chi connectivity index (χ1n) is 6.04. The van der Waals surface area contributed by atoms with Crippen molar-refractivity contribution < 1.29 is 5.21 Å². The number of oxime groups is 1. The number of hydrogen-bond acceptors (Lipinski definition) is 5. The Morgan fingerprint density at radius 3 is 3.06 bits per heavy atom. The van der Waals surface area contributed by atoms with Crippen LogP contribution in [-0.4, -0.2) is 33.6 Å². The van der Waals surface area contributed by atoms with Gasteiger partial charge in [-0.05, 0) is 36.0 Å².